The van der Waals surface area contributed by atoms with Crippen molar-refractivity contribution in [3.05, 3.63) is 17.7 Å². The molecule has 1 amide bonds. The number of amides is 1. The van der Waals surface area contributed by atoms with E-state index in [0.29, 0.717) is 18.0 Å². The molecule has 1 aliphatic heterocycles. The maximum Gasteiger partial charge on any atom is 0.241 e. The maximum absolute atomic E-state index is 11.7. The van der Waals surface area contributed by atoms with Gasteiger partial charge < -0.3 is 20.3 Å². The zero-order valence-electron chi connectivity index (χ0n) is 11.1. The summed E-state index contributed by atoms with van der Waals surface area (Å²) in [5.41, 5.74) is 8.75. The molecule has 2 N–H and O–H groups in total. The predicted octanol–water partition coefficient (Wildman–Crippen LogP) is 0.728. The van der Waals surface area contributed by atoms with Crippen LogP contribution in [0.15, 0.2) is 12.1 Å². The van der Waals surface area contributed by atoms with Gasteiger partial charge in [-0.2, -0.15) is 0 Å². The number of carbonyl (C=O) groups excluding carboxylic acids is 1. The third-order valence-corrected chi connectivity index (χ3v) is 3.25. The number of carbonyl (C=O) groups is 1. The highest BCUT2D eigenvalue weighted by Gasteiger charge is 2.23. The Kier molecular flexibility index (Phi) is 3.32. The molecule has 98 valence electrons. The molecule has 2 rings (SSSR count). The van der Waals surface area contributed by atoms with E-state index in [1.807, 2.05) is 12.1 Å². The second-order valence-electron chi connectivity index (χ2n) is 4.68. The Bertz CT molecular complexity index is 472. The van der Waals surface area contributed by atoms with Gasteiger partial charge in [0, 0.05) is 26.3 Å². The molecule has 5 heteroatoms. The molecule has 5 nitrogen and oxygen atoms in total. The van der Waals surface area contributed by atoms with Gasteiger partial charge in [-0.05, 0) is 24.1 Å². The van der Waals surface area contributed by atoms with Crippen molar-refractivity contribution in [1.82, 2.24) is 4.90 Å². The molecule has 0 aromatic heterocycles. The standard InChI is InChI=1S/C13H19N3O2/c1-15(2)13(17)8-16-5-4-9-6-12(18-3)10(14)7-11(9)16/h6-7H,4-5,8,14H2,1-3H3. The minimum Gasteiger partial charge on any atom is -0.495 e. The molecule has 18 heavy (non-hydrogen) atoms. The monoisotopic (exact) mass is 249 g/mol. The molecule has 0 bridgehead atoms. The van der Waals surface area contributed by atoms with E-state index in [-0.39, 0.29) is 5.91 Å². The summed E-state index contributed by atoms with van der Waals surface area (Å²) in [6.07, 6.45) is 0.923. The number of fused-ring (bicyclic) bond motifs is 1. The van der Waals surface area contributed by atoms with Crippen molar-refractivity contribution >= 4 is 17.3 Å². The maximum atomic E-state index is 11.7. The third kappa shape index (κ3) is 2.20. The molecule has 0 aliphatic carbocycles. The molecule has 0 fully saturated rings. The fourth-order valence-electron chi connectivity index (χ4n) is 2.14. The number of nitrogen functional groups attached to an aromatic ring is 1. The summed E-state index contributed by atoms with van der Waals surface area (Å²) in [4.78, 5) is 15.4. The van der Waals surface area contributed by atoms with Crippen molar-refractivity contribution in [3.8, 4) is 5.75 Å². The van der Waals surface area contributed by atoms with Crippen molar-refractivity contribution in [3.63, 3.8) is 0 Å². The average molecular weight is 249 g/mol. The molecule has 0 saturated carbocycles. The Morgan fingerprint density at radius 1 is 1.50 bits per heavy atom. The number of nitrogens with two attached hydrogens (primary N) is 1. The van der Waals surface area contributed by atoms with Crippen molar-refractivity contribution in [2.24, 2.45) is 0 Å². The molecule has 1 aromatic carbocycles. The SMILES string of the molecule is COc1cc2c(cc1N)N(CC(=O)N(C)C)CC2. The van der Waals surface area contributed by atoms with E-state index in [0.717, 1.165) is 18.7 Å². The zero-order chi connectivity index (χ0) is 13.3. The lowest BCUT2D eigenvalue weighted by Crippen LogP contribution is -2.35. The largest absolute Gasteiger partial charge is 0.495 e. The number of hydrogen-bond donors (Lipinski definition) is 1. The molecule has 0 spiro atoms. The van der Waals surface area contributed by atoms with Crippen molar-refractivity contribution < 1.29 is 9.53 Å². The number of nitrogens with zero attached hydrogens (tertiary/aromatic N) is 2. The van der Waals surface area contributed by atoms with Gasteiger partial charge in [-0.15, -0.1) is 0 Å². The van der Waals surface area contributed by atoms with Gasteiger partial charge in [0.25, 0.3) is 0 Å². The summed E-state index contributed by atoms with van der Waals surface area (Å²) in [5.74, 6) is 0.798. The molecule has 0 unspecified atom stereocenters. The fourth-order valence-corrected chi connectivity index (χ4v) is 2.14. The molecule has 0 atom stereocenters. The third-order valence-electron chi connectivity index (χ3n) is 3.25. The van der Waals surface area contributed by atoms with Gasteiger partial charge in [0.1, 0.15) is 5.75 Å². The quantitative estimate of drug-likeness (QED) is 0.802. The van der Waals surface area contributed by atoms with Crippen LogP contribution in [-0.2, 0) is 11.2 Å². The first-order valence-electron chi connectivity index (χ1n) is 5.94. The highest BCUT2D eigenvalue weighted by molar-refractivity contribution is 5.83. The van der Waals surface area contributed by atoms with E-state index < -0.39 is 0 Å². The second-order valence-corrected chi connectivity index (χ2v) is 4.68. The van der Waals surface area contributed by atoms with Crippen LogP contribution in [0.5, 0.6) is 5.75 Å². The highest BCUT2D eigenvalue weighted by Crippen LogP contribution is 2.35. The molecular weight excluding hydrogens is 230 g/mol. The molecule has 1 aromatic rings. The van der Waals surface area contributed by atoms with Gasteiger partial charge in [-0.1, -0.05) is 0 Å². The molecule has 0 radical (unpaired) electrons. The number of ether oxygens (including phenoxy) is 1. The van der Waals surface area contributed by atoms with E-state index in [2.05, 4.69) is 4.90 Å². The molecule has 1 aliphatic rings. The summed E-state index contributed by atoms with van der Waals surface area (Å²) in [6, 6.07) is 3.86. The Morgan fingerprint density at radius 2 is 2.22 bits per heavy atom. The van der Waals surface area contributed by atoms with Crippen LogP contribution in [-0.4, -0.2) is 45.1 Å². The summed E-state index contributed by atoms with van der Waals surface area (Å²) < 4.78 is 5.21. The van der Waals surface area contributed by atoms with E-state index in [1.54, 1.807) is 26.1 Å². The average Bonchev–Trinajstić information content (AvgIpc) is 2.70. The zero-order valence-corrected chi connectivity index (χ0v) is 11.1. The van der Waals surface area contributed by atoms with E-state index in [1.165, 1.54) is 5.56 Å². The Labute approximate surface area is 107 Å². The van der Waals surface area contributed by atoms with Crippen LogP contribution >= 0.6 is 0 Å². The first-order chi connectivity index (χ1) is 8.52. The number of methoxy groups -OCH3 is 1. The summed E-state index contributed by atoms with van der Waals surface area (Å²) >= 11 is 0. The Balaban J connectivity index is 2.23. The lowest BCUT2D eigenvalue weighted by atomic mass is 10.1. The number of likely N-dealkylation sites (N-methyl/N-ethyl adjacent to an activating group) is 1. The summed E-state index contributed by atoms with van der Waals surface area (Å²) in [5, 5.41) is 0. The van der Waals surface area contributed by atoms with Gasteiger partial charge in [0.05, 0.1) is 19.3 Å². The predicted molar refractivity (Wildman–Crippen MR) is 72.0 cm³/mol. The second kappa shape index (κ2) is 4.76. The number of anilines is 2. The summed E-state index contributed by atoms with van der Waals surface area (Å²) in [7, 11) is 5.14. The minimum atomic E-state index is 0.0947. The minimum absolute atomic E-state index is 0.0947. The molecule has 1 heterocycles. The fraction of sp³-hybridized carbons (Fsp3) is 0.462. The topological polar surface area (TPSA) is 58.8 Å². The van der Waals surface area contributed by atoms with Crippen molar-refractivity contribution in [2.75, 3.05) is 44.9 Å². The van der Waals surface area contributed by atoms with Crippen LogP contribution in [0.4, 0.5) is 11.4 Å². The first-order valence-corrected chi connectivity index (χ1v) is 5.94. The number of hydrogen-bond acceptors (Lipinski definition) is 4. The van der Waals surface area contributed by atoms with Crippen LogP contribution in [0.1, 0.15) is 5.56 Å². The first kappa shape index (κ1) is 12.5. The van der Waals surface area contributed by atoms with Gasteiger partial charge in [-0.3, -0.25) is 4.79 Å². The van der Waals surface area contributed by atoms with Gasteiger partial charge in [0.2, 0.25) is 5.91 Å². The van der Waals surface area contributed by atoms with Crippen LogP contribution in [0.3, 0.4) is 0 Å². The Hall–Kier alpha value is -1.91. The molecular formula is C13H19N3O2. The van der Waals surface area contributed by atoms with E-state index in [4.69, 9.17) is 10.5 Å². The van der Waals surface area contributed by atoms with Gasteiger partial charge in [0.15, 0.2) is 0 Å². The van der Waals surface area contributed by atoms with E-state index >= 15 is 0 Å². The van der Waals surface area contributed by atoms with Crippen molar-refractivity contribution in [2.45, 2.75) is 6.42 Å². The number of rotatable bonds is 3. The normalized spacial score (nSPS) is 13.4. The van der Waals surface area contributed by atoms with Gasteiger partial charge in [-0.25, -0.2) is 0 Å². The van der Waals surface area contributed by atoms with Crippen LogP contribution in [0.2, 0.25) is 0 Å². The van der Waals surface area contributed by atoms with Gasteiger partial charge >= 0.3 is 0 Å². The lowest BCUT2D eigenvalue weighted by molar-refractivity contribution is -0.127. The lowest BCUT2D eigenvalue weighted by Gasteiger charge is -2.21. The van der Waals surface area contributed by atoms with Crippen molar-refractivity contribution in [1.29, 1.82) is 0 Å². The van der Waals surface area contributed by atoms with Crippen LogP contribution in [0.25, 0.3) is 0 Å². The molecule has 0 saturated heterocycles. The van der Waals surface area contributed by atoms with E-state index in [9.17, 15) is 4.79 Å². The summed E-state index contributed by atoms with van der Waals surface area (Å²) in [6.45, 7) is 1.24. The Morgan fingerprint density at radius 3 is 2.83 bits per heavy atom. The number of benzene rings is 1. The smallest absolute Gasteiger partial charge is 0.241 e. The van der Waals surface area contributed by atoms with Crippen LogP contribution in [0, 0.1) is 0 Å². The van der Waals surface area contributed by atoms with Crippen LogP contribution < -0.4 is 15.4 Å². The highest BCUT2D eigenvalue weighted by atomic mass is 16.5.